The molecule has 1 aliphatic heterocycles. The number of carbonyl (C=O) groups is 1. The van der Waals surface area contributed by atoms with Crippen molar-refractivity contribution in [2.24, 2.45) is 5.92 Å². The molecule has 0 spiro atoms. The van der Waals surface area contributed by atoms with E-state index in [1.165, 1.54) is 12.1 Å². The minimum Gasteiger partial charge on any atom is -0.352 e. The van der Waals surface area contributed by atoms with Gasteiger partial charge in [0.1, 0.15) is 5.82 Å². The van der Waals surface area contributed by atoms with Crippen LogP contribution in [-0.2, 0) is 0 Å². The molecule has 0 atom stereocenters. The van der Waals surface area contributed by atoms with Crippen LogP contribution in [0.1, 0.15) is 15.9 Å². The molecule has 4 heteroatoms. The quantitative estimate of drug-likeness (QED) is 0.803. The Kier molecular flexibility index (Phi) is 3.19. The molecule has 0 aliphatic carbocycles. The zero-order valence-corrected chi connectivity index (χ0v) is 9.22. The van der Waals surface area contributed by atoms with E-state index < -0.39 is 0 Å². The summed E-state index contributed by atoms with van der Waals surface area (Å²) < 4.78 is 13.0. The Labute approximate surface area is 94.0 Å². The van der Waals surface area contributed by atoms with Crippen molar-refractivity contribution in [2.75, 3.05) is 19.6 Å². The highest BCUT2D eigenvalue weighted by Crippen LogP contribution is 2.10. The Balaban J connectivity index is 1.99. The van der Waals surface area contributed by atoms with E-state index in [0.29, 0.717) is 18.0 Å². The van der Waals surface area contributed by atoms with Gasteiger partial charge < -0.3 is 10.6 Å². The van der Waals surface area contributed by atoms with E-state index in [1.54, 1.807) is 13.0 Å². The van der Waals surface area contributed by atoms with E-state index >= 15 is 0 Å². The second-order valence-corrected chi connectivity index (χ2v) is 4.19. The topological polar surface area (TPSA) is 41.1 Å². The lowest BCUT2D eigenvalue weighted by molar-refractivity contribution is 0.0941. The van der Waals surface area contributed by atoms with Crippen LogP contribution in [0.5, 0.6) is 0 Å². The van der Waals surface area contributed by atoms with Gasteiger partial charge in [-0.05, 0) is 24.6 Å². The van der Waals surface area contributed by atoms with Gasteiger partial charge in [-0.3, -0.25) is 4.79 Å². The smallest absolute Gasteiger partial charge is 0.251 e. The molecule has 3 nitrogen and oxygen atoms in total. The van der Waals surface area contributed by atoms with Gasteiger partial charge in [-0.1, -0.05) is 6.07 Å². The first-order valence-electron chi connectivity index (χ1n) is 5.42. The Morgan fingerprint density at radius 2 is 2.31 bits per heavy atom. The fraction of sp³-hybridized carbons (Fsp3) is 0.417. The molecule has 1 amide bonds. The summed E-state index contributed by atoms with van der Waals surface area (Å²) in [5.41, 5.74) is 1.22. The van der Waals surface area contributed by atoms with E-state index in [2.05, 4.69) is 10.6 Å². The van der Waals surface area contributed by atoms with Crippen LogP contribution >= 0.6 is 0 Å². The summed E-state index contributed by atoms with van der Waals surface area (Å²) in [5.74, 6) is -0.0530. The van der Waals surface area contributed by atoms with Crippen LogP contribution in [-0.4, -0.2) is 25.5 Å². The van der Waals surface area contributed by atoms with Crippen LogP contribution in [0.4, 0.5) is 4.39 Å². The molecule has 2 rings (SSSR count). The van der Waals surface area contributed by atoms with E-state index in [1.807, 2.05) is 0 Å². The van der Waals surface area contributed by atoms with Gasteiger partial charge in [-0.2, -0.15) is 0 Å². The predicted molar refractivity (Wildman–Crippen MR) is 59.8 cm³/mol. The normalized spacial score (nSPS) is 15.6. The molecular weight excluding hydrogens is 207 g/mol. The Morgan fingerprint density at radius 3 is 2.94 bits per heavy atom. The zero-order valence-electron chi connectivity index (χ0n) is 9.22. The Bertz CT molecular complexity index is 402. The molecule has 1 aromatic carbocycles. The third-order valence-electron chi connectivity index (χ3n) is 2.86. The molecule has 86 valence electrons. The first-order chi connectivity index (χ1) is 7.66. The molecule has 16 heavy (non-hydrogen) atoms. The molecule has 1 aromatic rings. The highest BCUT2D eigenvalue weighted by atomic mass is 19.1. The van der Waals surface area contributed by atoms with Gasteiger partial charge in [-0.15, -0.1) is 0 Å². The van der Waals surface area contributed by atoms with E-state index in [-0.39, 0.29) is 11.7 Å². The van der Waals surface area contributed by atoms with Crippen LogP contribution in [0.15, 0.2) is 18.2 Å². The molecular formula is C12H15FN2O. The predicted octanol–water partition coefficient (Wildman–Crippen LogP) is 1.08. The summed E-state index contributed by atoms with van der Waals surface area (Å²) in [6, 6.07) is 4.26. The minimum atomic E-state index is -0.374. The number of carbonyl (C=O) groups excluding carboxylic acids is 1. The van der Waals surface area contributed by atoms with Gasteiger partial charge in [0.05, 0.1) is 0 Å². The number of halogens is 1. The van der Waals surface area contributed by atoms with Gasteiger partial charge in [0, 0.05) is 31.1 Å². The van der Waals surface area contributed by atoms with E-state index in [4.69, 9.17) is 0 Å². The lowest BCUT2D eigenvalue weighted by atomic mass is 10.0. The van der Waals surface area contributed by atoms with Crippen molar-refractivity contribution >= 4 is 5.91 Å². The molecule has 1 fully saturated rings. The first-order valence-corrected chi connectivity index (χ1v) is 5.42. The summed E-state index contributed by atoms with van der Waals surface area (Å²) in [7, 11) is 0. The summed E-state index contributed by atoms with van der Waals surface area (Å²) in [6.07, 6.45) is 0. The number of hydrogen-bond acceptors (Lipinski definition) is 2. The highest BCUT2D eigenvalue weighted by Gasteiger charge is 2.18. The van der Waals surface area contributed by atoms with Crippen LogP contribution in [0.3, 0.4) is 0 Å². The van der Waals surface area contributed by atoms with Gasteiger partial charge >= 0.3 is 0 Å². The number of hydrogen-bond donors (Lipinski definition) is 2. The third kappa shape index (κ3) is 2.39. The average molecular weight is 222 g/mol. The van der Waals surface area contributed by atoms with E-state index in [9.17, 15) is 9.18 Å². The molecule has 1 aliphatic rings. The van der Waals surface area contributed by atoms with Gasteiger partial charge in [0.25, 0.3) is 5.91 Å². The van der Waals surface area contributed by atoms with Crippen molar-refractivity contribution in [3.05, 3.63) is 35.1 Å². The summed E-state index contributed by atoms with van der Waals surface area (Å²) in [4.78, 5) is 11.8. The number of benzene rings is 1. The summed E-state index contributed by atoms with van der Waals surface area (Å²) in [6.45, 7) is 4.35. The second-order valence-electron chi connectivity index (χ2n) is 4.19. The van der Waals surface area contributed by atoms with Gasteiger partial charge in [0.2, 0.25) is 0 Å². The van der Waals surface area contributed by atoms with Crippen LogP contribution in [0.25, 0.3) is 0 Å². The molecule has 2 N–H and O–H groups in total. The Hall–Kier alpha value is -1.42. The lowest BCUT2D eigenvalue weighted by Crippen LogP contribution is -2.48. The fourth-order valence-electron chi connectivity index (χ4n) is 1.66. The second kappa shape index (κ2) is 4.61. The molecule has 0 saturated carbocycles. The molecule has 0 aromatic heterocycles. The average Bonchev–Trinajstić information content (AvgIpc) is 2.19. The summed E-state index contributed by atoms with van der Waals surface area (Å²) >= 11 is 0. The third-order valence-corrected chi connectivity index (χ3v) is 2.86. The maximum absolute atomic E-state index is 13.0. The molecule has 0 bridgehead atoms. The van der Waals surface area contributed by atoms with Gasteiger partial charge in [-0.25, -0.2) is 4.39 Å². The molecule has 0 unspecified atom stereocenters. The minimum absolute atomic E-state index is 0.191. The maximum Gasteiger partial charge on any atom is 0.251 e. The van der Waals surface area contributed by atoms with Crippen molar-refractivity contribution in [3.8, 4) is 0 Å². The lowest BCUT2D eigenvalue weighted by Gasteiger charge is -2.27. The van der Waals surface area contributed by atoms with Crippen LogP contribution in [0.2, 0.25) is 0 Å². The largest absolute Gasteiger partial charge is 0.352 e. The summed E-state index contributed by atoms with van der Waals surface area (Å²) in [5, 5.41) is 5.96. The standard InChI is InChI=1S/C12H15FN2O/c1-8-2-3-10(13)4-11(8)12(16)15-7-9-5-14-6-9/h2-4,9,14H,5-7H2,1H3,(H,15,16). The SMILES string of the molecule is Cc1ccc(F)cc1C(=O)NCC1CNC1. The number of nitrogens with one attached hydrogen (secondary N) is 2. The molecule has 0 radical (unpaired) electrons. The maximum atomic E-state index is 13.0. The monoisotopic (exact) mass is 222 g/mol. The number of rotatable bonds is 3. The van der Waals surface area contributed by atoms with E-state index in [0.717, 1.165) is 18.7 Å². The number of aryl methyl sites for hydroxylation is 1. The van der Waals surface area contributed by atoms with Gasteiger partial charge in [0.15, 0.2) is 0 Å². The van der Waals surface area contributed by atoms with Crippen molar-refractivity contribution < 1.29 is 9.18 Å². The van der Waals surface area contributed by atoms with Crippen molar-refractivity contribution in [2.45, 2.75) is 6.92 Å². The fourth-order valence-corrected chi connectivity index (χ4v) is 1.66. The Morgan fingerprint density at radius 1 is 1.56 bits per heavy atom. The van der Waals surface area contributed by atoms with Crippen molar-refractivity contribution in [3.63, 3.8) is 0 Å². The first kappa shape index (κ1) is 11.1. The van der Waals surface area contributed by atoms with Crippen LogP contribution in [0, 0.1) is 18.7 Å². The highest BCUT2D eigenvalue weighted by molar-refractivity contribution is 5.95. The zero-order chi connectivity index (χ0) is 11.5. The number of amides is 1. The van der Waals surface area contributed by atoms with Crippen molar-refractivity contribution in [1.29, 1.82) is 0 Å². The molecule has 1 saturated heterocycles. The van der Waals surface area contributed by atoms with Crippen LogP contribution < -0.4 is 10.6 Å². The molecule has 1 heterocycles. The van der Waals surface area contributed by atoms with Crippen molar-refractivity contribution in [1.82, 2.24) is 10.6 Å².